The fourth-order valence-corrected chi connectivity index (χ4v) is 0.544. The van der Waals surface area contributed by atoms with Gasteiger partial charge in [-0.2, -0.15) is 0 Å². The van der Waals surface area contributed by atoms with E-state index < -0.39 is 0 Å². The molecule has 0 aromatic carbocycles. The van der Waals surface area contributed by atoms with E-state index in [1.807, 2.05) is 7.05 Å². The van der Waals surface area contributed by atoms with Gasteiger partial charge in [0.2, 0.25) is 0 Å². The molecule has 54 valence electrons. The average Bonchev–Trinajstić information content (AvgIpc) is 1.87. The molecule has 0 atom stereocenters. The van der Waals surface area contributed by atoms with E-state index in [9.17, 15) is 0 Å². The first-order chi connectivity index (χ1) is 4.20. The van der Waals surface area contributed by atoms with E-state index in [-0.39, 0.29) is 6.61 Å². The van der Waals surface area contributed by atoms with Crippen molar-refractivity contribution in [1.82, 2.24) is 4.90 Å². The molecule has 0 aliphatic carbocycles. The fraction of sp³-hybridized carbons (Fsp3) is 0.714. The van der Waals surface area contributed by atoms with Crippen molar-refractivity contribution < 1.29 is 5.11 Å². The van der Waals surface area contributed by atoms with Gasteiger partial charge in [-0.25, -0.2) is 0 Å². The zero-order valence-corrected chi connectivity index (χ0v) is 6.22. The minimum atomic E-state index is 0.102. The van der Waals surface area contributed by atoms with Gasteiger partial charge in [-0.3, -0.25) is 0 Å². The van der Waals surface area contributed by atoms with E-state index in [0.717, 1.165) is 18.7 Å². The second-order valence-corrected chi connectivity index (χ2v) is 2.24. The first-order valence-corrected chi connectivity index (χ1v) is 3.16. The summed E-state index contributed by atoms with van der Waals surface area (Å²) in [6.07, 6.45) is 0. The van der Waals surface area contributed by atoms with Crippen molar-refractivity contribution in [2.75, 3.05) is 26.7 Å². The first kappa shape index (κ1) is 8.66. The lowest BCUT2D eigenvalue weighted by molar-refractivity contribution is 0.303. The lowest BCUT2D eigenvalue weighted by Gasteiger charge is -2.13. The van der Waals surface area contributed by atoms with Crippen LogP contribution in [-0.4, -0.2) is 36.8 Å². The van der Waals surface area contributed by atoms with Crippen LogP contribution in [0.1, 0.15) is 6.92 Å². The molecular weight excluding hydrogens is 114 g/mol. The van der Waals surface area contributed by atoms with Crippen molar-refractivity contribution in [2.45, 2.75) is 6.92 Å². The third-order valence-electron chi connectivity index (χ3n) is 1.26. The van der Waals surface area contributed by atoms with Crippen molar-refractivity contribution in [2.24, 2.45) is 0 Å². The number of hydrogen-bond donors (Lipinski definition) is 1. The summed E-state index contributed by atoms with van der Waals surface area (Å²) in [6.45, 7) is 7.64. The van der Waals surface area contributed by atoms with Crippen LogP contribution in [0.5, 0.6) is 0 Å². The number of nitrogens with zero attached hydrogens (tertiary/aromatic N) is 1. The molecule has 0 heterocycles. The predicted octanol–water partition coefficient (Wildman–Crippen LogP) is 0.487. The van der Waals surface area contributed by atoms with Crippen LogP contribution in [0, 0.1) is 0 Å². The average molecular weight is 129 g/mol. The lowest BCUT2D eigenvalue weighted by Crippen LogP contribution is -2.21. The normalized spacial score (nSPS) is 10.2. The van der Waals surface area contributed by atoms with Gasteiger partial charge in [-0.15, -0.1) is 0 Å². The molecule has 0 spiro atoms. The first-order valence-electron chi connectivity index (χ1n) is 3.16. The van der Waals surface area contributed by atoms with Crippen molar-refractivity contribution in [3.8, 4) is 0 Å². The van der Waals surface area contributed by atoms with Crippen LogP contribution in [0.4, 0.5) is 0 Å². The van der Waals surface area contributed by atoms with Gasteiger partial charge in [0.15, 0.2) is 0 Å². The molecule has 0 saturated heterocycles. The molecule has 0 radical (unpaired) electrons. The molecule has 0 aromatic heterocycles. The Bertz CT molecular complexity index is 90.9. The molecule has 0 aliphatic rings. The Labute approximate surface area is 56.8 Å². The maximum Gasteiger partial charge on any atom is 0.0651 e. The van der Waals surface area contributed by atoms with E-state index in [4.69, 9.17) is 5.11 Å². The SMILES string of the molecule is C=C(CO)CN(C)CC. The largest absolute Gasteiger partial charge is 0.392 e. The van der Waals surface area contributed by atoms with Crippen molar-refractivity contribution >= 4 is 0 Å². The molecule has 0 fully saturated rings. The minimum Gasteiger partial charge on any atom is -0.392 e. The second kappa shape index (κ2) is 4.53. The van der Waals surface area contributed by atoms with E-state index in [0.29, 0.717) is 0 Å². The maximum atomic E-state index is 8.55. The lowest BCUT2D eigenvalue weighted by atomic mass is 10.3. The van der Waals surface area contributed by atoms with Crippen LogP contribution in [0.3, 0.4) is 0 Å². The van der Waals surface area contributed by atoms with Gasteiger partial charge in [0.25, 0.3) is 0 Å². The highest BCUT2D eigenvalue weighted by Crippen LogP contribution is 1.90. The Balaban J connectivity index is 3.34. The number of aliphatic hydroxyl groups excluding tert-OH is 1. The Morgan fingerprint density at radius 3 is 2.56 bits per heavy atom. The molecule has 0 unspecified atom stereocenters. The van der Waals surface area contributed by atoms with Crippen LogP contribution >= 0.6 is 0 Å². The van der Waals surface area contributed by atoms with Gasteiger partial charge >= 0.3 is 0 Å². The van der Waals surface area contributed by atoms with Gasteiger partial charge in [0.1, 0.15) is 0 Å². The molecule has 2 nitrogen and oxygen atoms in total. The highest BCUT2D eigenvalue weighted by atomic mass is 16.3. The van der Waals surface area contributed by atoms with Crippen molar-refractivity contribution in [1.29, 1.82) is 0 Å². The molecule has 9 heavy (non-hydrogen) atoms. The summed E-state index contributed by atoms with van der Waals surface area (Å²) in [7, 11) is 2.00. The van der Waals surface area contributed by atoms with E-state index in [1.165, 1.54) is 0 Å². The zero-order chi connectivity index (χ0) is 7.28. The van der Waals surface area contributed by atoms with Gasteiger partial charge in [0, 0.05) is 6.54 Å². The molecular formula is C7H15NO. The van der Waals surface area contributed by atoms with Crippen molar-refractivity contribution in [3.63, 3.8) is 0 Å². The Kier molecular flexibility index (Phi) is 4.36. The van der Waals surface area contributed by atoms with Crippen LogP contribution < -0.4 is 0 Å². The Hall–Kier alpha value is -0.340. The third-order valence-corrected chi connectivity index (χ3v) is 1.26. The Morgan fingerprint density at radius 1 is 1.67 bits per heavy atom. The Morgan fingerprint density at radius 2 is 2.22 bits per heavy atom. The highest BCUT2D eigenvalue weighted by Gasteiger charge is 1.95. The van der Waals surface area contributed by atoms with Gasteiger partial charge in [0.05, 0.1) is 6.61 Å². The van der Waals surface area contributed by atoms with E-state index in [1.54, 1.807) is 0 Å². The van der Waals surface area contributed by atoms with Crippen molar-refractivity contribution in [3.05, 3.63) is 12.2 Å². The zero-order valence-electron chi connectivity index (χ0n) is 6.22. The number of hydrogen-bond acceptors (Lipinski definition) is 2. The quantitative estimate of drug-likeness (QED) is 0.558. The van der Waals surface area contributed by atoms with Crippen LogP contribution in [0.15, 0.2) is 12.2 Å². The van der Waals surface area contributed by atoms with E-state index >= 15 is 0 Å². The molecule has 0 aliphatic heterocycles. The molecule has 0 bridgehead atoms. The maximum absolute atomic E-state index is 8.55. The molecule has 0 rings (SSSR count). The smallest absolute Gasteiger partial charge is 0.0651 e. The topological polar surface area (TPSA) is 23.5 Å². The summed E-state index contributed by atoms with van der Waals surface area (Å²) in [5, 5.41) is 8.55. The molecule has 0 aromatic rings. The molecule has 2 heteroatoms. The van der Waals surface area contributed by atoms with Crippen LogP contribution in [-0.2, 0) is 0 Å². The van der Waals surface area contributed by atoms with Crippen LogP contribution in [0.25, 0.3) is 0 Å². The van der Waals surface area contributed by atoms with Gasteiger partial charge in [-0.05, 0) is 19.2 Å². The summed E-state index contributed by atoms with van der Waals surface area (Å²) in [6, 6.07) is 0. The number of likely N-dealkylation sites (N-methyl/N-ethyl adjacent to an activating group) is 1. The summed E-state index contributed by atoms with van der Waals surface area (Å²) in [5.41, 5.74) is 0.874. The highest BCUT2D eigenvalue weighted by molar-refractivity contribution is 4.95. The second-order valence-electron chi connectivity index (χ2n) is 2.24. The summed E-state index contributed by atoms with van der Waals surface area (Å²) < 4.78 is 0. The number of aliphatic hydroxyl groups is 1. The predicted molar refractivity (Wildman–Crippen MR) is 39.4 cm³/mol. The summed E-state index contributed by atoms with van der Waals surface area (Å²) >= 11 is 0. The van der Waals surface area contributed by atoms with Gasteiger partial charge in [-0.1, -0.05) is 13.5 Å². The molecule has 1 N–H and O–H groups in total. The van der Waals surface area contributed by atoms with E-state index in [2.05, 4.69) is 18.4 Å². The summed E-state index contributed by atoms with van der Waals surface area (Å²) in [5.74, 6) is 0. The fourth-order valence-electron chi connectivity index (χ4n) is 0.544. The van der Waals surface area contributed by atoms with Crippen LogP contribution in [0.2, 0.25) is 0 Å². The molecule has 0 amide bonds. The monoisotopic (exact) mass is 129 g/mol. The van der Waals surface area contributed by atoms with Gasteiger partial charge < -0.3 is 10.0 Å². The minimum absolute atomic E-state index is 0.102. The number of rotatable bonds is 4. The standard InChI is InChI=1S/C7H15NO/c1-4-8(3)5-7(2)6-9/h9H,2,4-6H2,1,3H3. The summed E-state index contributed by atoms with van der Waals surface area (Å²) in [4.78, 5) is 2.10. The molecule has 0 saturated carbocycles. The third kappa shape index (κ3) is 4.18.